The summed E-state index contributed by atoms with van der Waals surface area (Å²) in [5.74, 6) is 0.837. The topological polar surface area (TPSA) is 77.2 Å². The maximum absolute atomic E-state index is 5.72. The molecule has 1 aromatic rings. The second-order valence-corrected chi connectivity index (χ2v) is 4.40. The van der Waals surface area contributed by atoms with E-state index >= 15 is 0 Å². The Balaban J connectivity index is 2.85. The van der Waals surface area contributed by atoms with Gasteiger partial charge in [0.05, 0.1) is 6.61 Å². The van der Waals surface area contributed by atoms with Crippen molar-refractivity contribution >= 4 is 11.9 Å². The number of nitrogens with zero attached hydrogens (tertiary/aromatic N) is 4. The molecule has 0 aliphatic carbocycles. The lowest BCUT2D eigenvalue weighted by atomic mass is 10.3. The van der Waals surface area contributed by atoms with Gasteiger partial charge in [-0.3, -0.25) is 0 Å². The summed E-state index contributed by atoms with van der Waals surface area (Å²) in [6.07, 6.45) is 4.50. The minimum atomic E-state index is 0.214. The van der Waals surface area contributed by atoms with Crippen LogP contribution in [0, 0.1) is 0 Å². The van der Waals surface area contributed by atoms with Crippen LogP contribution in [0.15, 0.2) is 0 Å². The third kappa shape index (κ3) is 5.28. The zero-order chi connectivity index (χ0) is 14.1. The molecule has 0 amide bonds. The van der Waals surface area contributed by atoms with Crippen LogP contribution in [0.25, 0.3) is 0 Å². The first-order chi connectivity index (χ1) is 9.21. The normalized spacial score (nSPS) is 10.5. The number of rotatable bonds is 9. The zero-order valence-corrected chi connectivity index (χ0v) is 12.2. The van der Waals surface area contributed by atoms with Crippen LogP contribution in [-0.2, 0) is 0 Å². The summed E-state index contributed by atoms with van der Waals surface area (Å²) < 4.78 is 5.32. The first-order valence-electron chi connectivity index (χ1n) is 7.10. The minimum absolute atomic E-state index is 0.214. The first kappa shape index (κ1) is 15.5. The molecule has 0 saturated heterocycles. The Hall–Kier alpha value is -1.59. The fourth-order valence-corrected chi connectivity index (χ4v) is 1.71. The van der Waals surface area contributed by atoms with Crippen LogP contribution >= 0.6 is 0 Å². The molecule has 0 spiro atoms. The summed E-state index contributed by atoms with van der Waals surface area (Å²) in [7, 11) is 0. The average molecular weight is 267 g/mol. The fourth-order valence-electron chi connectivity index (χ4n) is 1.71. The highest BCUT2D eigenvalue weighted by Crippen LogP contribution is 2.15. The lowest BCUT2D eigenvalue weighted by Crippen LogP contribution is -2.28. The van der Waals surface area contributed by atoms with Crippen LogP contribution in [0.2, 0.25) is 0 Å². The zero-order valence-electron chi connectivity index (χ0n) is 12.2. The molecule has 0 fully saturated rings. The van der Waals surface area contributed by atoms with Gasteiger partial charge in [-0.15, -0.1) is 0 Å². The van der Waals surface area contributed by atoms with Crippen molar-refractivity contribution < 1.29 is 4.74 Å². The minimum Gasteiger partial charge on any atom is -0.464 e. The molecule has 6 heteroatoms. The molecule has 0 aromatic carbocycles. The van der Waals surface area contributed by atoms with E-state index in [0.29, 0.717) is 18.6 Å². The van der Waals surface area contributed by atoms with E-state index in [2.05, 4.69) is 33.7 Å². The number of ether oxygens (including phenoxy) is 1. The number of nitrogens with two attached hydrogens (primary N) is 1. The molecule has 0 saturated carbocycles. The van der Waals surface area contributed by atoms with E-state index in [0.717, 1.165) is 38.8 Å². The number of nitrogen functional groups attached to an aromatic ring is 1. The average Bonchev–Trinajstić information content (AvgIpc) is 2.38. The molecule has 1 aromatic heterocycles. The molecule has 1 heterocycles. The molecule has 108 valence electrons. The molecule has 0 aliphatic rings. The van der Waals surface area contributed by atoms with Crippen molar-refractivity contribution in [3.8, 4) is 6.01 Å². The number of hydrogen-bond donors (Lipinski definition) is 1. The van der Waals surface area contributed by atoms with E-state index in [1.165, 1.54) is 0 Å². The van der Waals surface area contributed by atoms with Gasteiger partial charge in [0.1, 0.15) is 0 Å². The van der Waals surface area contributed by atoms with E-state index in [1.807, 2.05) is 6.92 Å². The second-order valence-electron chi connectivity index (χ2n) is 4.40. The summed E-state index contributed by atoms with van der Waals surface area (Å²) in [4.78, 5) is 14.7. The molecule has 0 bridgehead atoms. The fraction of sp³-hybridized carbons (Fsp3) is 0.769. The van der Waals surface area contributed by atoms with Crippen molar-refractivity contribution in [1.82, 2.24) is 15.0 Å². The highest BCUT2D eigenvalue weighted by Gasteiger charge is 2.12. The Labute approximate surface area is 115 Å². The SMILES string of the molecule is CCCCN(CCCC)c1nc(N)nc(OCC)n1. The van der Waals surface area contributed by atoms with Gasteiger partial charge in [-0.1, -0.05) is 26.7 Å². The number of anilines is 2. The first-order valence-corrected chi connectivity index (χ1v) is 7.10. The van der Waals surface area contributed by atoms with Gasteiger partial charge in [-0.25, -0.2) is 0 Å². The lowest BCUT2D eigenvalue weighted by molar-refractivity contribution is 0.312. The maximum Gasteiger partial charge on any atom is 0.323 e. The summed E-state index contributed by atoms with van der Waals surface area (Å²) in [6, 6.07) is 0.308. The summed E-state index contributed by atoms with van der Waals surface area (Å²) in [5, 5.41) is 0. The van der Waals surface area contributed by atoms with Gasteiger partial charge in [0.15, 0.2) is 0 Å². The van der Waals surface area contributed by atoms with E-state index in [4.69, 9.17) is 10.5 Å². The van der Waals surface area contributed by atoms with Gasteiger partial charge in [0.2, 0.25) is 11.9 Å². The van der Waals surface area contributed by atoms with Gasteiger partial charge >= 0.3 is 6.01 Å². The predicted octanol–water partition coefficient (Wildman–Crippen LogP) is 2.26. The molecule has 2 N–H and O–H groups in total. The van der Waals surface area contributed by atoms with E-state index in [1.54, 1.807) is 0 Å². The van der Waals surface area contributed by atoms with Crippen molar-refractivity contribution in [2.45, 2.75) is 46.5 Å². The van der Waals surface area contributed by atoms with Gasteiger partial charge in [-0.05, 0) is 19.8 Å². The Morgan fingerprint density at radius 1 is 1.00 bits per heavy atom. The van der Waals surface area contributed by atoms with Crippen molar-refractivity contribution in [3.05, 3.63) is 0 Å². The van der Waals surface area contributed by atoms with Crippen molar-refractivity contribution in [1.29, 1.82) is 0 Å². The molecule has 0 atom stereocenters. The second kappa shape index (κ2) is 8.50. The Morgan fingerprint density at radius 3 is 2.16 bits per heavy atom. The van der Waals surface area contributed by atoms with E-state index < -0.39 is 0 Å². The quantitative estimate of drug-likeness (QED) is 0.739. The molecular formula is C13H25N5O. The van der Waals surface area contributed by atoms with Gasteiger partial charge in [0.25, 0.3) is 0 Å². The van der Waals surface area contributed by atoms with Crippen LogP contribution in [0.3, 0.4) is 0 Å². The van der Waals surface area contributed by atoms with Gasteiger partial charge in [0, 0.05) is 13.1 Å². The van der Waals surface area contributed by atoms with Gasteiger partial charge in [-0.2, -0.15) is 15.0 Å². The molecule has 0 radical (unpaired) electrons. The standard InChI is InChI=1S/C13H25N5O/c1-4-7-9-18(10-8-5-2)12-15-11(14)16-13(17-12)19-6-3/h4-10H2,1-3H3,(H2,14,15,16,17). The number of aromatic nitrogens is 3. The van der Waals surface area contributed by atoms with Crippen LogP contribution in [-0.4, -0.2) is 34.6 Å². The molecule has 0 aliphatic heterocycles. The Kier molecular flexibility index (Phi) is 6.92. The molecule has 6 nitrogen and oxygen atoms in total. The molecular weight excluding hydrogens is 242 g/mol. The van der Waals surface area contributed by atoms with Crippen LogP contribution < -0.4 is 15.4 Å². The van der Waals surface area contributed by atoms with Crippen molar-refractivity contribution in [2.75, 3.05) is 30.3 Å². The lowest BCUT2D eigenvalue weighted by Gasteiger charge is -2.22. The monoisotopic (exact) mass is 267 g/mol. The predicted molar refractivity (Wildman–Crippen MR) is 77.4 cm³/mol. The Bertz CT molecular complexity index is 364. The van der Waals surface area contributed by atoms with Crippen LogP contribution in [0.5, 0.6) is 6.01 Å². The maximum atomic E-state index is 5.72. The van der Waals surface area contributed by atoms with Crippen molar-refractivity contribution in [3.63, 3.8) is 0 Å². The highest BCUT2D eigenvalue weighted by atomic mass is 16.5. The highest BCUT2D eigenvalue weighted by molar-refractivity contribution is 5.35. The number of unbranched alkanes of at least 4 members (excludes halogenated alkanes) is 2. The molecule has 1 rings (SSSR count). The summed E-state index contributed by atoms with van der Waals surface area (Å²) in [5.41, 5.74) is 5.72. The van der Waals surface area contributed by atoms with Gasteiger partial charge < -0.3 is 15.4 Å². The van der Waals surface area contributed by atoms with Crippen LogP contribution in [0.1, 0.15) is 46.5 Å². The largest absolute Gasteiger partial charge is 0.464 e. The smallest absolute Gasteiger partial charge is 0.323 e. The summed E-state index contributed by atoms with van der Waals surface area (Å²) >= 11 is 0. The number of hydrogen-bond acceptors (Lipinski definition) is 6. The summed E-state index contributed by atoms with van der Waals surface area (Å²) in [6.45, 7) is 8.63. The Morgan fingerprint density at radius 2 is 1.63 bits per heavy atom. The van der Waals surface area contributed by atoms with E-state index in [-0.39, 0.29) is 5.95 Å². The van der Waals surface area contributed by atoms with Crippen molar-refractivity contribution in [2.24, 2.45) is 0 Å². The molecule has 0 unspecified atom stereocenters. The van der Waals surface area contributed by atoms with E-state index in [9.17, 15) is 0 Å². The third-order valence-corrected chi connectivity index (χ3v) is 2.74. The van der Waals surface area contributed by atoms with Crippen LogP contribution in [0.4, 0.5) is 11.9 Å². The molecule has 19 heavy (non-hydrogen) atoms. The third-order valence-electron chi connectivity index (χ3n) is 2.74.